The summed E-state index contributed by atoms with van der Waals surface area (Å²) in [6.45, 7) is 0.950. The first-order valence-corrected chi connectivity index (χ1v) is 12.1. The molecule has 0 saturated heterocycles. The van der Waals surface area contributed by atoms with Crippen LogP contribution in [0.4, 0.5) is 8.78 Å². The Hall–Kier alpha value is -4.37. The number of aryl methyl sites for hydroxylation is 1. The summed E-state index contributed by atoms with van der Waals surface area (Å²) in [7, 11) is 0. The Morgan fingerprint density at radius 1 is 0.947 bits per heavy atom. The van der Waals surface area contributed by atoms with E-state index in [1.807, 2.05) is 6.07 Å². The summed E-state index contributed by atoms with van der Waals surface area (Å²) in [5, 5.41) is 9.05. The van der Waals surface area contributed by atoms with E-state index in [9.17, 15) is 23.2 Å². The molecule has 9 heteroatoms. The van der Waals surface area contributed by atoms with E-state index in [4.69, 9.17) is 10.8 Å². The summed E-state index contributed by atoms with van der Waals surface area (Å²) in [6, 6.07) is 18.5. The molecule has 1 heterocycles. The maximum Gasteiger partial charge on any atom is 0.331 e. The van der Waals surface area contributed by atoms with Crippen LogP contribution in [0.15, 0.2) is 82.4 Å². The summed E-state index contributed by atoms with van der Waals surface area (Å²) < 4.78 is 31.2. The maximum absolute atomic E-state index is 14.5. The highest BCUT2D eigenvalue weighted by molar-refractivity contribution is 5.68. The summed E-state index contributed by atoms with van der Waals surface area (Å²) in [6.07, 6.45) is 0.153. The van der Waals surface area contributed by atoms with Crippen LogP contribution in [0.5, 0.6) is 0 Å². The van der Waals surface area contributed by atoms with Gasteiger partial charge in [-0.25, -0.2) is 13.6 Å². The van der Waals surface area contributed by atoms with Crippen molar-refractivity contribution >= 4 is 5.97 Å². The third kappa shape index (κ3) is 5.63. The topological polar surface area (TPSA) is 107 Å². The smallest absolute Gasteiger partial charge is 0.331 e. The first-order chi connectivity index (χ1) is 18.2. The number of carbonyl (C=O) groups is 1. The SMILES string of the molecule is Cc1c(-c2cccc(CCC(=O)O)c2)c(=O)n(CC(N)c2ccccc2)c(=O)n1Cc1c(F)cccc1F. The van der Waals surface area contributed by atoms with Crippen LogP contribution in [-0.2, 0) is 24.3 Å². The van der Waals surface area contributed by atoms with Crippen LogP contribution in [0.3, 0.4) is 0 Å². The van der Waals surface area contributed by atoms with Gasteiger partial charge in [-0.3, -0.25) is 18.7 Å². The first kappa shape index (κ1) is 26.7. The molecule has 0 saturated carbocycles. The van der Waals surface area contributed by atoms with Crippen LogP contribution in [0.1, 0.15) is 34.8 Å². The fourth-order valence-corrected chi connectivity index (χ4v) is 4.46. The molecule has 0 aliphatic carbocycles. The molecule has 0 bridgehead atoms. The van der Waals surface area contributed by atoms with Gasteiger partial charge in [0.05, 0.1) is 18.7 Å². The molecule has 4 rings (SSSR count). The van der Waals surface area contributed by atoms with Gasteiger partial charge in [0.2, 0.25) is 0 Å². The average Bonchev–Trinajstić information content (AvgIpc) is 2.90. The fourth-order valence-electron chi connectivity index (χ4n) is 4.46. The van der Waals surface area contributed by atoms with Gasteiger partial charge in [-0.05, 0) is 42.2 Å². The minimum Gasteiger partial charge on any atom is -0.481 e. The second kappa shape index (κ2) is 11.4. The number of hydrogen-bond donors (Lipinski definition) is 2. The van der Waals surface area contributed by atoms with Gasteiger partial charge < -0.3 is 10.8 Å². The zero-order valence-corrected chi connectivity index (χ0v) is 20.7. The van der Waals surface area contributed by atoms with E-state index in [-0.39, 0.29) is 36.2 Å². The Bertz CT molecular complexity index is 1580. The third-order valence-corrected chi connectivity index (χ3v) is 6.52. The molecule has 38 heavy (non-hydrogen) atoms. The van der Waals surface area contributed by atoms with Gasteiger partial charge in [0, 0.05) is 23.7 Å². The molecule has 3 N–H and O–H groups in total. The molecule has 4 aromatic rings. The number of carboxylic acid groups (broad SMARTS) is 1. The number of rotatable bonds is 9. The molecule has 7 nitrogen and oxygen atoms in total. The van der Waals surface area contributed by atoms with Gasteiger partial charge in [0.25, 0.3) is 5.56 Å². The number of aliphatic carboxylic acids is 1. The van der Waals surface area contributed by atoms with E-state index in [1.54, 1.807) is 55.5 Å². The van der Waals surface area contributed by atoms with Crippen molar-refractivity contribution in [3.8, 4) is 11.1 Å². The molecule has 0 fully saturated rings. The van der Waals surface area contributed by atoms with Gasteiger partial charge >= 0.3 is 11.7 Å². The predicted octanol–water partition coefficient (Wildman–Crippen LogP) is 4.03. The van der Waals surface area contributed by atoms with Crippen LogP contribution in [-0.4, -0.2) is 20.2 Å². The minimum atomic E-state index is -0.954. The van der Waals surface area contributed by atoms with E-state index in [1.165, 1.54) is 10.6 Å². The van der Waals surface area contributed by atoms with Gasteiger partial charge in [0.1, 0.15) is 11.6 Å². The van der Waals surface area contributed by atoms with Crippen LogP contribution >= 0.6 is 0 Å². The lowest BCUT2D eigenvalue weighted by atomic mass is 10.00. The average molecular weight is 520 g/mol. The molecule has 196 valence electrons. The molecule has 0 amide bonds. The second-order valence-electron chi connectivity index (χ2n) is 9.06. The van der Waals surface area contributed by atoms with Gasteiger partial charge in [0.15, 0.2) is 0 Å². The minimum absolute atomic E-state index is 0.0926. The van der Waals surface area contributed by atoms with E-state index < -0.39 is 41.4 Å². The van der Waals surface area contributed by atoms with Crippen molar-refractivity contribution in [2.75, 3.05) is 0 Å². The molecule has 0 aliphatic rings. The Balaban J connectivity index is 1.90. The van der Waals surface area contributed by atoms with Crippen molar-refractivity contribution in [1.82, 2.24) is 9.13 Å². The number of carboxylic acids is 1. The fraction of sp³-hybridized carbons (Fsp3) is 0.207. The molecule has 0 radical (unpaired) electrons. The van der Waals surface area contributed by atoms with Crippen molar-refractivity contribution < 1.29 is 18.7 Å². The highest BCUT2D eigenvalue weighted by Crippen LogP contribution is 2.23. The van der Waals surface area contributed by atoms with Gasteiger partial charge in [-0.1, -0.05) is 60.7 Å². The number of hydrogen-bond acceptors (Lipinski definition) is 4. The molecule has 1 aromatic heterocycles. The normalized spacial score (nSPS) is 11.9. The summed E-state index contributed by atoms with van der Waals surface area (Å²) in [5.41, 5.74) is 6.95. The van der Waals surface area contributed by atoms with Gasteiger partial charge in [-0.15, -0.1) is 0 Å². The summed E-state index contributed by atoms with van der Waals surface area (Å²) in [4.78, 5) is 38.4. The van der Waals surface area contributed by atoms with E-state index >= 15 is 0 Å². The summed E-state index contributed by atoms with van der Waals surface area (Å²) in [5.74, 6) is -2.58. The van der Waals surface area contributed by atoms with Crippen LogP contribution < -0.4 is 17.0 Å². The van der Waals surface area contributed by atoms with Crippen LogP contribution in [0, 0.1) is 18.6 Å². The molecule has 0 spiro atoms. The highest BCUT2D eigenvalue weighted by atomic mass is 19.1. The lowest BCUT2D eigenvalue weighted by molar-refractivity contribution is -0.136. The van der Waals surface area contributed by atoms with Crippen molar-refractivity contribution in [2.24, 2.45) is 5.73 Å². The Kier molecular flexibility index (Phi) is 7.97. The van der Waals surface area contributed by atoms with Crippen molar-refractivity contribution in [3.63, 3.8) is 0 Å². The second-order valence-corrected chi connectivity index (χ2v) is 9.06. The Morgan fingerprint density at radius 3 is 2.26 bits per heavy atom. The zero-order chi connectivity index (χ0) is 27.4. The lowest BCUT2D eigenvalue weighted by Gasteiger charge is -2.20. The monoisotopic (exact) mass is 519 g/mol. The van der Waals surface area contributed by atoms with Crippen molar-refractivity contribution in [2.45, 2.75) is 38.9 Å². The number of nitrogens with two attached hydrogens (primary N) is 1. The first-order valence-electron chi connectivity index (χ1n) is 12.1. The third-order valence-electron chi connectivity index (χ3n) is 6.52. The molecule has 0 aliphatic heterocycles. The number of nitrogens with zero attached hydrogens (tertiary/aromatic N) is 2. The van der Waals surface area contributed by atoms with E-state index in [2.05, 4.69) is 0 Å². The maximum atomic E-state index is 14.5. The van der Waals surface area contributed by atoms with Crippen LogP contribution in [0.25, 0.3) is 11.1 Å². The quantitative estimate of drug-likeness (QED) is 0.347. The predicted molar refractivity (Wildman–Crippen MR) is 140 cm³/mol. The zero-order valence-electron chi connectivity index (χ0n) is 20.7. The van der Waals surface area contributed by atoms with Gasteiger partial charge in [-0.2, -0.15) is 0 Å². The summed E-state index contributed by atoms with van der Waals surface area (Å²) >= 11 is 0. The van der Waals surface area contributed by atoms with E-state index in [0.717, 1.165) is 16.7 Å². The van der Waals surface area contributed by atoms with Crippen molar-refractivity contribution in [1.29, 1.82) is 0 Å². The molecule has 1 atom stereocenters. The molecular weight excluding hydrogens is 492 g/mol. The van der Waals surface area contributed by atoms with Crippen LogP contribution in [0.2, 0.25) is 0 Å². The highest BCUT2D eigenvalue weighted by Gasteiger charge is 2.22. The number of benzene rings is 3. The standard InChI is InChI=1S/C29H27F2N3O4/c1-18-27(21-10-5-7-19(15-21)13-14-26(35)36)28(37)34(17-25(32)20-8-3-2-4-9-20)29(38)33(18)16-22-23(30)11-6-12-24(22)31/h2-12,15,25H,13-14,16-17,32H2,1H3,(H,35,36). The largest absolute Gasteiger partial charge is 0.481 e. The molecule has 1 unspecified atom stereocenters. The Labute approximate surface area is 217 Å². The number of aromatic nitrogens is 2. The molecular formula is C29H27F2N3O4. The van der Waals surface area contributed by atoms with E-state index in [0.29, 0.717) is 16.7 Å². The number of halogens is 2. The lowest BCUT2D eigenvalue weighted by Crippen LogP contribution is -2.44. The molecule has 3 aromatic carbocycles. The van der Waals surface area contributed by atoms with Crippen molar-refractivity contribution in [3.05, 3.63) is 128 Å². The Morgan fingerprint density at radius 2 is 1.61 bits per heavy atom.